The highest BCUT2D eigenvalue weighted by molar-refractivity contribution is 7.89. The SMILES string of the molecule is O=S(=O)(c1ccc(Cl)cc1)N1Cc2c(C(F)(F)F)n[nH]c2CC1c1ccc(Cl)cc1. The Hall–Kier alpha value is -2.07. The standard InChI is InChI=1S/C19H14Cl2F3N3O2S/c20-12-3-1-11(2-4-12)17-9-16-15(18(26-25-16)19(22,23)24)10-27(17)30(28,29)14-7-5-13(21)6-8-14/h1-8,17H,9-10H2,(H,25,26). The second kappa shape index (κ2) is 7.56. The molecular weight excluding hydrogens is 462 g/mol. The molecule has 5 nitrogen and oxygen atoms in total. The number of aromatic amines is 1. The molecule has 1 aliphatic heterocycles. The maximum atomic E-state index is 13.4. The lowest BCUT2D eigenvalue weighted by atomic mass is 9.95. The zero-order valence-electron chi connectivity index (χ0n) is 15.1. The van der Waals surface area contributed by atoms with Gasteiger partial charge in [0.25, 0.3) is 0 Å². The van der Waals surface area contributed by atoms with E-state index in [9.17, 15) is 21.6 Å². The van der Waals surface area contributed by atoms with Crippen LogP contribution in [0.1, 0.15) is 28.6 Å². The van der Waals surface area contributed by atoms with E-state index in [2.05, 4.69) is 10.2 Å². The van der Waals surface area contributed by atoms with Crippen molar-refractivity contribution in [2.75, 3.05) is 0 Å². The molecule has 2 aromatic carbocycles. The highest BCUT2D eigenvalue weighted by Crippen LogP contribution is 2.41. The number of benzene rings is 2. The lowest BCUT2D eigenvalue weighted by Crippen LogP contribution is -2.39. The average Bonchev–Trinajstić information content (AvgIpc) is 3.11. The summed E-state index contributed by atoms with van der Waals surface area (Å²) >= 11 is 11.8. The zero-order valence-corrected chi connectivity index (χ0v) is 17.4. The third kappa shape index (κ3) is 3.82. The first-order valence-corrected chi connectivity index (χ1v) is 10.9. The van der Waals surface area contributed by atoms with Crippen LogP contribution in [0.15, 0.2) is 53.4 Å². The quantitative estimate of drug-likeness (QED) is 0.564. The van der Waals surface area contributed by atoms with Crippen LogP contribution in [0.25, 0.3) is 0 Å². The topological polar surface area (TPSA) is 66.1 Å². The van der Waals surface area contributed by atoms with Crippen LogP contribution in [0.2, 0.25) is 10.0 Å². The summed E-state index contributed by atoms with van der Waals surface area (Å²) in [6.45, 7) is -0.473. The maximum absolute atomic E-state index is 13.4. The Morgan fingerprint density at radius 1 is 1.00 bits per heavy atom. The fourth-order valence-electron chi connectivity index (χ4n) is 3.50. The smallest absolute Gasteiger partial charge is 0.282 e. The molecule has 0 saturated carbocycles. The lowest BCUT2D eigenvalue weighted by molar-refractivity contribution is -0.142. The van der Waals surface area contributed by atoms with Crippen LogP contribution in [0.4, 0.5) is 13.2 Å². The Kier molecular flexibility index (Phi) is 5.34. The largest absolute Gasteiger partial charge is 0.435 e. The van der Waals surface area contributed by atoms with Gasteiger partial charge in [-0.1, -0.05) is 35.3 Å². The molecular formula is C19H14Cl2F3N3O2S. The predicted molar refractivity (Wildman–Crippen MR) is 106 cm³/mol. The van der Waals surface area contributed by atoms with Gasteiger partial charge >= 0.3 is 6.18 Å². The van der Waals surface area contributed by atoms with Crippen LogP contribution in [-0.4, -0.2) is 22.9 Å². The molecule has 1 aliphatic rings. The molecule has 2 heterocycles. The van der Waals surface area contributed by atoms with Gasteiger partial charge in [-0.3, -0.25) is 5.10 Å². The molecule has 0 fully saturated rings. The van der Waals surface area contributed by atoms with E-state index in [1.54, 1.807) is 24.3 Å². The summed E-state index contributed by atoms with van der Waals surface area (Å²) in [6, 6.07) is 11.3. The van der Waals surface area contributed by atoms with Gasteiger partial charge in [0.05, 0.1) is 10.9 Å². The molecule has 158 valence electrons. The Labute approximate surface area is 180 Å². The van der Waals surface area contributed by atoms with Gasteiger partial charge in [0, 0.05) is 34.3 Å². The molecule has 0 saturated heterocycles. The van der Waals surface area contributed by atoms with Crippen LogP contribution in [0, 0.1) is 0 Å². The minimum absolute atomic E-state index is 0.00681. The van der Waals surface area contributed by atoms with Gasteiger partial charge in [-0.2, -0.15) is 22.6 Å². The molecule has 3 aromatic rings. The van der Waals surface area contributed by atoms with Gasteiger partial charge in [0.1, 0.15) is 0 Å². The first-order valence-electron chi connectivity index (χ1n) is 8.73. The molecule has 0 radical (unpaired) electrons. The van der Waals surface area contributed by atoms with Crippen molar-refractivity contribution in [3.8, 4) is 0 Å². The monoisotopic (exact) mass is 475 g/mol. The molecule has 0 aliphatic carbocycles. The van der Waals surface area contributed by atoms with E-state index in [4.69, 9.17) is 23.2 Å². The summed E-state index contributed by atoms with van der Waals surface area (Å²) in [5.41, 5.74) is -0.427. The fourth-order valence-corrected chi connectivity index (χ4v) is 5.33. The van der Waals surface area contributed by atoms with E-state index in [-0.39, 0.29) is 22.6 Å². The van der Waals surface area contributed by atoms with E-state index >= 15 is 0 Å². The number of hydrogen-bond donors (Lipinski definition) is 1. The number of nitrogens with one attached hydrogen (secondary N) is 1. The predicted octanol–water partition coefficient (Wildman–Crippen LogP) is 5.22. The van der Waals surface area contributed by atoms with Gasteiger partial charge < -0.3 is 0 Å². The Balaban J connectivity index is 1.84. The molecule has 0 spiro atoms. The Morgan fingerprint density at radius 2 is 1.57 bits per heavy atom. The van der Waals surface area contributed by atoms with E-state index in [0.717, 1.165) is 4.31 Å². The summed E-state index contributed by atoms with van der Waals surface area (Å²) in [7, 11) is -4.14. The van der Waals surface area contributed by atoms with Crippen molar-refractivity contribution in [3.63, 3.8) is 0 Å². The number of fused-ring (bicyclic) bond motifs is 1. The van der Waals surface area contributed by atoms with Crippen molar-refractivity contribution in [3.05, 3.63) is 81.1 Å². The molecule has 1 N–H and O–H groups in total. The minimum Gasteiger partial charge on any atom is -0.282 e. The number of H-pyrrole nitrogens is 1. The summed E-state index contributed by atoms with van der Waals surface area (Å²) in [5, 5.41) is 6.64. The first-order chi connectivity index (χ1) is 14.1. The zero-order chi connectivity index (χ0) is 21.7. The number of rotatable bonds is 3. The molecule has 1 aromatic heterocycles. The van der Waals surface area contributed by atoms with Crippen molar-refractivity contribution in [1.29, 1.82) is 0 Å². The molecule has 1 atom stereocenters. The van der Waals surface area contributed by atoms with E-state index in [0.29, 0.717) is 15.6 Å². The number of halogens is 5. The van der Waals surface area contributed by atoms with E-state index in [1.807, 2.05) is 0 Å². The number of nitrogens with zero attached hydrogens (tertiary/aromatic N) is 2. The molecule has 11 heteroatoms. The normalized spacial score (nSPS) is 17.7. The summed E-state index contributed by atoms with van der Waals surface area (Å²) in [4.78, 5) is -0.0635. The summed E-state index contributed by atoms with van der Waals surface area (Å²) in [5.74, 6) is 0. The molecule has 1 unspecified atom stereocenters. The van der Waals surface area contributed by atoms with Gasteiger partial charge in [0.15, 0.2) is 5.69 Å². The van der Waals surface area contributed by atoms with Crippen LogP contribution in [0.3, 0.4) is 0 Å². The van der Waals surface area contributed by atoms with Gasteiger partial charge in [-0.15, -0.1) is 0 Å². The Bertz CT molecular complexity index is 1180. The van der Waals surface area contributed by atoms with E-state index in [1.165, 1.54) is 24.3 Å². The van der Waals surface area contributed by atoms with Crippen LogP contribution in [-0.2, 0) is 29.2 Å². The Morgan fingerprint density at radius 3 is 2.13 bits per heavy atom. The molecule has 0 amide bonds. The second-order valence-corrected chi connectivity index (χ2v) is 9.57. The van der Waals surface area contributed by atoms with E-state index < -0.39 is 34.5 Å². The van der Waals surface area contributed by atoms with Gasteiger partial charge in [0.2, 0.25) is 10.0 Å². The van der Waals surface area contributed by atoms with Crippen molar-refractivity contribution >= 4 is 33.2 Å². The third-order valence-corrected chi connectivity index (χ3v) is 7.33. The van der Waals surface area contributed by atoms with Crippen molar-refractivity contribution in [1.82, 2.24) is 14.5 Å². The van der Waals surface area contributed by atoms with Crippen LogP contribution >= 0.6 is 23.2 Å². The minimum atomic E-state index is -4.70. The van der Waals surface area contributed by atoms with Crippen molar-refractivity contribution in [2.24, 2.45) is 0 Å². The third-order valence-electron chi connectivity index (χ3n) is 4.96. The number of hydrogen-bond acceptors (Lipinski definition) is 3. The maximum Gasteiger partial charge on any atom is 0.435 e. The molecule has 0 bridgehead atoms. The highest BCUT2D eigenvalue weighted by atomic mass is 35.5. The second-order valence-electron chi connectivity index (χ2n) is 6.80. The number of alkyl halides is 3. The lowest BCUT2D eigenvalue weighted by Gasteiger charge is -2.35. The van der Waals surface area contributed by atoms with Gasteiger partial charge in [-0.05, 0) is 42.0 Å². The van der Waals surface area contributed by atoms with Gasteiger partial charge in [-0.25, -0.2) is 8.42 Å². The van der Waals surface area contributed by atoms with Crippen LogP contribution in [0.5, 0.6) is 0 Å². The summed E-state index contributed by atoms with van der Waals surface area (Å²) < 4.78 is 68.0. The number of aromatic nitrogens is 2. The summed E-state index contributed by atoms with van der Waals surface area (Å²) in [6.07, 6.45) is -4.69. The van der Waals surface area contributed by atoms with Crippen molar-refractivity contribution < 1.29 is 21.6 Å². The van der Waals surface area contributed by atoms with Crippen LogP contribution < -0.4 is 0 Å². The van der Waals surface area contributed by atoms with Crippen molar-refractivity contribution in [2.45, 2.75) is 30.1 Å². The highest BCUT2D eigenvalue weighted by Gasteiger charge is 2.44. The average molecular weight is 476 g/mol. The number of sulfonamides is 1. The molecule has 4 rings (SSSR count). The molecule has 30 heavy (non-hydrogen) atoms. The fraction of sp³-hybridized carbons (Fsp3) is 0.211. The first kappa shape index (κ1) is 21.2.